The van der Waals surface area contributed by atoms with Crippen LogP contribution in [-0.4, -0.2) is 32.4 Å². The first-order valence-corrected chi connectivity index (χ1v) is 10.9. The van der Waals surface area contributed by atoms with Crippen molar-refractivity contribution in [3.63, 3.8) is 0 Å². The van der Waals surface area contributed by atoms with E-state index in [1.165, 1.54) is 30.3 Å². The van der Waals surface area contributed by atoms with Gasteiger partial charge in [-0.3, -0.25) is 14.4 Å². The zero-order valence-electron chi connectivity index (χ0n) is 19.1. The minimum absolute atomic E-state index is 0.113. The molecule has 4 rings (SSSR count). The number of carboxylic acids is 1. The number of phenolic OH excluding ortho intramolecular Hbond substituents is 1. The Bertz CT molecular complexity index is 1470. The number of carbonyl (C=O) groups is 3. The van der Waals surface area contributed by atoms with Crippen LogP contribution in [0.2, 0.25) is 0 Å². The molecule has 0 aliphatic rings. The van der Waals surface area contributed by atoms with Crippen LogP contribution in [-0.2, 0) is 16.1 Å². The smallest absolute Gasteiger partial charge is 0.312 e. The van der Waals surface area contributed by atoms with Gasteiger partial charge < -0.3 is 20.1 Å². The Hall–Kier alpha value is -4.46. The van der Waals surface area contributed by atoms with Crippen LogP contribution in [0.25, 0.3) is 10.9 Å². The first kappa shape index (κ1) is 23.7. The lowest BCUT2D eigenvalue weighted by Gasteiger charge is -2.13. The number of carbonyl (C=O) groups excluding carboxylic acids is 2. The number of nitrogens with zero attached hydrogens (tertiary/aromatic N) is 1. The number of aromatic hydroxyl groups is 1. The molecule has 0 aliphatic carbocycles. The molecule has 1 aromatic heterocycles. The van der Waals surface area contributed by atoms with E-state index in [1.54, 1.807) is 18.2 Å². The number of ketones is 1. The highest BCUT2D eigenvalue weighted by Crippen LogP contribution is 2.31. The summed E-state index contributed by atoms with van der Waals surface area (Å²) in [6, 6.07) is 15.4. The first-order valence-electron chi connectivity index (χ1n) is 10.9. The van der Waals surface area contributed by atoms with Gasteiger partial charge in [0.1, 0.15) is 18.0 Å². The lowest BCUT2D eigenvalue weighted by molar-refractivity contribution is -0.139. The number of amides is 1. The maximum absolute atomic E-state index is 13.2. The van der Waals surface area contributed by atoms with Crippen molar-refractivity contribution in [1.29, 1.82) is 0 Å². The van der Waals surface area contributed by atoms with Crippen molar-refractivity contribution < 1.29 is 29.0 Å². The number of aliphatic carboxylic acids is 1. The highest BCUT2D eigenvalue weighted by atomic mass is 19.1. The Kier molecular flexibility index (Phi) is 6.38. The summed E-state index contributed by atoms with van der Waals surface area (Å²) in [6.45, 7) is 4.22. The number of phenols is 1. The lowest BCUT2D eigenvalue weighted by atomic mass is 10.00. The maximum Gasteiger partial charge on any atom is 0.312 e. The molecule has 0 fully saturated rings. The Morgan fingerprint density at radius 1 is 0.971 bits per heavy atom. The fraction of sp³-hybridized carbons (Fsp3) is 0.148. The van der Waals surface area contributed by atoms with Gasteiger partial charge in [0.25, 0.3) is 0 Å². The van der Waals surface area contributed by atoms with E-state index in [1.807, 2.05) is 30.5 Å². The molecule has 7 nitrogen and oxygen atoms in total. The number of aryl methyl sites for hydroxylation is 2. The van der Waals surface area contributed by atoms with Gasteiger partial charge in [-0.25, -0.2) is 4.39 Å². The first-order chi connectivity index (χ1) is 16.6. The summed E-state index contributed by atoms with van der Waals surface area (Å²) in [5, 5.41) is 22.6. The quantitative estimate of drug-likeness (QED) is 0.264. The van der Waals surface area contributed by atoms with E-state index in [0.29, 0.717) is 12.2 Å². The van der Waals surface area contributed by atoms with Gasteiger partial charge in [0.15, 0.2) is 5.78 Å². The van der Waals surface area contributed by atoms with Crippen molar-refractivity contribution in [1.82, 2.24) is 4.57 Å². The number of rotatable bonds is 7. The summed E-state index contributed by atoms with van der Waals surface area (Å²) in [5.41, 5.74) is 4.34. The zero-order valence-corrected chi connectivity index (χ0v) is 19.1. The molecule has 1 amide bonds. The molecule has 0 radical (unpaired) electrons. The number of aromatic nitrogens is 1. The predicted molar refractivity (Wildman–Crippen MR) is 129 cm³/mol. The van der Waals surface area contributed by atoms with Crippen LogP contribution in [0.15, 0.2) is 60.7 Å². The summed E-state index contributed by atoms with van der Waals surface area (Å²) in [5.74, 6) is -2.87. The minimum atomic E-state index is -1.21. The fourth-order valence-corrected chi connectivity index (χ4v) is 4.13. The molecule has 0 unspecified atom stereocenters. The van der Waals surface area contributed by atoms with E-state index in [-0.39, 0.29) is 16.9 Å². The third-order valence-corrected chi connectivity index (χ3v) is 5.81. The number of anilines is 1. The van der Waals surface area contributed by atoms with Crippen LogP contribution in [0.4, 0.5) is 10.1 Å². The number of nitrogens with one attached hydrogen (secondary N) is 1. The molecule has 4 aromatic rings. The molecule has 178 valence electrons. The van der Waals surface area contributed by atoms with Gasteiger partial charge in [-0.1, -0.05) is 12.1 Å². The van der Waals surface area contributed by atoms with E-state index in [0.717, 1.165) is 27.7 Å². The highest BCUT2D eigenvalue weighted by molar-refractivity contribution is 6.11. The second-order valence-electron chi connectivity index (χ2n) is 8.37. The SMILES string of the molecule is Cc1ccc(NC(=O)CC(=O)O)c2cc(C)n(Cc3ccc(O)c(C(=O)c4ccc(F)cc4)c3)c12. The molecule has 3 aromatic carbocycles. The zero-order chi connectivity index (χ0) is 25.3. The van der Waals surface area contributed by atoms with E-state index < -0.39 is 29.9 Å². The Morgan fingerprint density at radius 3 is 2.37 bits per heavy atom. The molecule has 0 saturated heterocycles. The van der Waals surface area contributed by atoms with Crippen molar-refractivity contribution in [2.24, 2.45) is 0 Å². The highest BCUT2D eigenvalue weighted by Gasteiger charge is 2.18. The minimum Gasteiger partial charge on any atom is -0.507 e. The third kappa shape index (κ3) is 4.91. The monoisotopic (exact) mass is 474 g/mol. The van der Waals surface area contributed by atoms with Crippen LogP contribution >= 0.6 is 0 Å². The lowest BCUT2D eigenvalue weighted by Crippen LogP contribution is -2.16. The van der Waals surface area contributed by atoms with Gasteiger partial charge in [0, 0.05) is 23.2 Å². The van der Waals surface area contributed by atoms with Crippen LogP contribution < -0.4 is 5.32 Å². The number of carboxylic acid groups (broad SMARTS) is 1. The summed E-state index contributed by atoms with van der Waals surface area (Å²) in [6.07, 6.45) is -0.632. The number of hydrogen-bond acceptors (Lipinski definition) is 4. The summed E-state index contributed by atoms with van der Waals surface area (Å²) < 4.78 is 15.3. The van der Waals surface area contributed by atoms with Gasteiger partial charge >= 0.3 is 5.97 Å². The van der Waals surface area contributed by atoms with Crippen LogP contribution in [0, 0.1) is 19.7 Å². The molecule has 0 atom stereocenters. The van der Waals surface area contributed by atoms with E-state index in [4.69, 9.17) is 5.11 Å². The van der Waals surface area contributed by atoms with E-state index in [9.17, 15) is 23.9 Å². The van der Waals surface area contributed by atoms with Crippen molar-refractivity contribution in [3.8, 4) is 5.75 Å². The average molecular weight is 474 g/mol. The second kappa shape index (κ2) is 9.42. The topological polar surface area (TPSA) is 109 Å². The Morgan fingerprint density at radius 2 is 1.69 bits per heavy atom. The van der Waals surface area contributed by atoms with Crippen molar-refractivity contribution in [2.45, 2.75) is 26.8 Å². The number of hydrogen-bond donors (Lipinski definition) is 3. The Labute approximate surface area is 200 Å². The molecule has 0 saturated carbocycles. The molecule has 0 aliphatic heterocycles. The van der Waals surface area contributed by atoms with Crippen LogP contribution in [0.3, 0.4) is 0 Å². The molecular formula is C27H23FN2O5. The Balaban J connectivity index is 1.70. The number of halogens is 1. The molecule has 35 heavy (non-hydrogen) atoms. The van der Waals surface area contributed by atoms with Crippen molar-refractivity contribution in [2.75, 3.05) is 5.32 Å². The van der Waals surface area contributed by atoms with Crippen LogP contribution in [0.1, 0.15) is 39.2 Å². The number of benzene rings is 3. The van der Waals surface area contributed by atoms with Crippen molar-refractivity contribution in [3.05, 3.63) is 94.4 Å². The normalized spacial score (nSPS) is 10.9. The van der Waals surface area contributed by atoms with Gasteiger partial charge in [-0.05, 0) is 73.5 Å². The third-order valence-electron chi connectivity index (χ3n) is 5.81. The predicted octanol–water partition coefficient (Wildman–Crippen LogP) is 4.80. The van der Waals surface area contributed by atoms with E-state index >= 15 is 0 Å². The molecule has 0 spiro atoms. The summed E-state index contributed by atoms with van der Waals surface area (Å²) in [7, 11) is 0. The average Bonchev–Trinajstić information content (AvgIpc) is 3.13. The summed E-state index contributed by atoms with van der Waals surface area (Å²) in [4.78, 5) is 35.8. The fourth-order valence-electron chi connectivity index (χ4n) is 4.13. The molecule has 1 heterocycles. The van der Waals surface area contributed by atoms with Gasteiger partial charge in [-0.2, -0.15) is 0 Å². The van der Waals surface area contributed by atoms with Gasteiger partial charge in [0.05, 0.1) is 16.8 Å². The van der Waals surface area contributed by atoms with Gasteiger partial charge in [-0.15, -0.1) is 0 Å². The standard InChI is InChI=1S/C27H23FN2O5/c1-15-3-9-22(29-24(32)13-25(33)34)20-11-16(2)30(26(15)20)14-17-4-10-23(31)21(12-17)27(35)18-5-7-19(28)8-6-18/h3-12,31H,13-14H2,1-2H3,(H,29,32)(H,33,34). The largest absolute Gasteiger partial charge is 0.507 e. The molecule has 0 bridgehead atoms. The molecule has 3 N–H and O–H groups in total. The summed E-state index contributed by atoms with van der Waals surface area (Å²) >= 11 is 0. The van der Waals surface area contributed by atoms with Crippen LogP contribution in [0.5, 0.6) is 5.75 Å². The number of fused-ring (bicyclic) bond motifs is 1. The van der Waals surface area contributed by atoms with E-state index in [2.05, 4.69) is 5.32 Å². The van der Waals surface area contributed by atoms with Gasteiger partial charge in [0.2, 0.25) is 5.91 Å². The second-order valence-corrected chi connectivity index (χ2v) is 8.37. The van der Waals surface area contributed by atoms with Crippen molar-refractivity contribution >= 4 is 34.3 Å². The maximum atomic E-state index is 13.2. The molecule has 8 heteroatoms. The molecular weight excluding hydrogens is 451 g/mol.